The van der Waals surface area contributed by atoms with Gasteiger partial charge in [-0.1, -0.05) is 45.3 Å². The molecule has 0 aromatic carbocycles. The maximum Gasteiger partial charge on any atom is 0.112 e. The first kappa shape index (κ1) is 10.1. The Balaban J connectivity index is 2.65. The Morgan fingerprint density at radius 2 is 1.80 bits per heavy atom. The molecule has 0 spiro atoms. The van der Waals surface area contributed by atoms with Gasteiger partial charge >= 0.3 is 0 Å². The highest BCUT2D eigenvalue weighted by Gasteiger charge is 1.89. The van der Waals surface area contributed by atoms with Gasteiger partial charge in [0, 0.05) is 0 Å². The van der Waals surface area contributed by atoms with Crippen LogP contribution in [0, 0.1) is 0 Å². The van der Waals surface area contributed by atoms with Crippen molar-refractivity contribution in [2.24, 2.45) is 0 Å². The Bertz CT molecular complexity index is 47.2. The zero-order valence-electron chi connectivity index (χ0n) is 7.66. The van der Waals surface area contributed by atoms with E-state index < -0.39 is 0 Å². The van der Waals surface area contributed by atoms with Gasteiger partial charge in [0.15, 0.2) is 0 Å². The molecule has 0 aliphatic heterocycles. The minimum atomic E-state index is 1.37. The monoisotopic (exact) mass is 138 g/mol. The molecule has 0 aliphatic rings. The van der Waals surface area contributed by atoms with Crippen LogP contribution in [0.1, 0.15) is 39.0 Å². The van der Waals surface area contributed by atoms with Gasteiger partial charge in [-0.3, -0.25) is 0 Å². The van der Waals surface area contributed by atoms with Crippen molar-refractivity contribution in [1.82, 2.24) is 0 Å². The van der Waals surface area contributed by atoms with E-state index in [9.17, 15) is 0 Å². The van der Waals surface area contributed by atoms with E-state index in [2.05, 4.69) is 14.8 Å². The first-order chi connectivity index (χ1) is 4.91. The fourth-order valence-electron chi connectivity index (χ4n) is 1.21. The molecular weight excluding hydrogens is 118 g/mol. The average Bonchev–Trinajstić information content (AvgIpc) is 1.97. The van der Waals surface area contributed by atoms with Crippen LogP contribution in [0.4, 0.5) is 0 Å². The fourth-order valence-corrected chi connectivity index (χ4v) is 1.21. The van der Waals surface area contributed by atoms with E-state index in [-0.39, 0.29) is 0 Å². The third kappa shape index (κ3) is 8.13. The molecule has 0 saturated carbocycles. The highest BCUT2D eigenvalue weighted by molar-refractivity contribution is 6.46. The summed E-state index contributed by atoms with van der Waals surface area (Å²) in [6, 6.07) is 0. The topological polar surface area (TPSA) is 0 Å². The zero-order valence-corrected chi connectivity index (χ0v) is 7.66. The molecule has 0 aromatic rings. The molecule has 0 nitrogen and oxygen atoms in total. The largest absolute Gasteiger partial charge is 0.112 e. The van der Waals surface area contributed by atoms with Gasteiger partial charge in [-0.25, -0.2) is 0 Å². The van der Waals surface area contributed by atoms with Crippen molar-refractivity contribution in [3.05, 3.63) is 0 Å². The van der Waals surface area contributed by atoms with E-state index in [1.165, 1.54) is 51.9 Å². The van der Waals surface area contributed by atoms with Crippen LogP contribution in [0.25, 0.3) is 0 Å². The molecule has 0 unspecified atom stereocenters. The predicted molar refractivity (Wildman–Crippen MR) is 54.1 cm³/mol. The summed E-state index contributed by atoms with van der Waals surface area (Å²) in [7, 11) is 3.71. The minimum absolute atomic E-state index is 1.37. The third-order valence-electron chi connectivity index (χ3n) is 1.96. The van der Waals surface area contributed by atoms with E-state index in [4.69, 9.17) is 0 Å². The first-order valence-corrected chi connectivity index (χ1v) is 4.91. The van der Waals surface area contributed by atoms with Crippen LogP contribution in [0.3, 0.4) is 0 Å². The lowest BCUT2D eigenvalue weighted by Crippen LogP contribution is -1.87. The highest BCUT2D eigenvalue weighted by atomic mass is 13.9. The number of rotatable bonds is 7. The number of hydrogen-bond donors (Lipinski definition) is 0. The van der Waals surface area contributed by atoms with Crippen molar-refractivity contribution in [2.75, 3.05) is 0 Å². The van der Waals surface area contributed by atoms with Gasteiger partial charge in [0.2, 0.25) is 0 Å². The second-order valence-electron chi connectivity index (χ2n) is 3.12. The maximum absolute atomic E-state index is 2.27. The first-order valence-electron chi connectivity index (χ1n) is 4.91. The lowest BCUT2D eigenvalue weighted by molar-refractivity contribution is 0.655. The van der Waals surface area contributed by atoms with E-state index in [1.807, 2.05) is 0 Å². The quantitative estimate of drug-likeness (QED) is 0.371. The Labute approximate surface area is 67.4 Å². The van der Waals surface area contributed by atoms with Gasteiger partial charge in [-0.05, 0) is 0 Å². The van der Waals surface area contributed by atoms with E-state index in [1.54, 1.807) is 0 Å². The third-order valence-corrected chi connectivity index (χ3v) is 1.96. The van der Waals surface area contributed by atoms with Crippen LogP contribution in [0.5, 0.6) is 0 Å². The molecule has 0 bridgehead atoms. The maximum atomic E-state index is 2.27. The highest BCUT2D eigenvalue weighted by Crippen LogP contribution is 2.04. The Kier molecular flexibility index (Phi) is 9.25. The van der Waals surface area contributed by atoms with E-state index in [0.717, 1.165) is 0 Å². The summed E-state index contributed by atoms with van der Waals surface area (Å²) in [6.45, 7) is 2.27. The van der Waals surface area contributed by atoms with Crippen LogP contribution in [-0.2, 0) is 0 Å². The summed E-state index contributed by atoms with van der Waals surface area (Å²) in [6.07, 6.45) is 10.0. The molecule has 0 amide bonds. The van der Waals surface area contributed by atoms with Crippen molar-refractivity contribution >= 4 is 15.1 Å². The van der Waals surface area contributed by atoms with Gasteiger partial charge in [-0.2, -0.15) is 0 Å². The molecule has 2 heteroatoms. The van der Waals surface area contributed by atoms with E-state index in [0.29, 0.717) is 0 Å². The molecule has 0 radical (unpaired) electrons. The molecule has 0 fully saturated rings. The molecule has 0 saturated heterocycles. The van der Waals surface area contributed by atoms with Crippen molar-refractivity contribution in [3.8, 4) is 0 Å². The minimum Gasteiger partial charge on any atom is -0.105 e. The summed E-state index contributed by atoms with van der Waals surface area (Å²) >= 11 is 0. The van der Waals surface area contributed by atoms with Crippen LogP contribution in [0.15, 0.2) is 0 Å². The summed E-state index contributed by atoms with van der Waals surface area (Å²) in [5.74, 6) is 0. The summed E-state index contributed by atoms with van der Waals surface area (Å²) in [5, 5.41) is 0. The molecule has 0 aliphatic carbocycles. The Hall–Kier alpha value is 0.130. The van der Waals surface area contributed by atoms with Gasteiger partial charge in [0.25, 0.3) is 0 Å². The van der Waals surface area contributed by atoms with Gasteiger partial charge in [0.1, 0.15) is 7.28 Å². The van der Waals surface area contributed by atoms with Crippen LogP contribution in [0.2, 0.25) is 12.5 Å². The molecule has 0 N–H and O–H groups in total. The Morgan fingerprint density at radius 3 is 2.40 bits per heavy atom. The molecule has 58 valence electrons. The van der Waals surface area contributed by atoms with Crippen molar-refractivity contribution in [1.29, 1.82) is 0 Å². The fraction of sp³-hybridized carbons (Fsp3) is 1.00. The van der Waals surface area contributed by atoms with E-state index >= 15 is 0 Å². The number of unbranched alkanes of at least 4 members (excludes halogenated alkanes) is 4. The van der Waals surface area contributed by atoms with Crippen LogP contribution in [-0.4, -0.2) is 15.1 Å². The molecule has 0 atom stereocenters. The average molecular weight is 138 g/mol. The van der Waals surface area contributed by atoms with Crippen LogP contribution >= 0.6 is 0 Å². The zero-order chi connectivity index (χ0) is 7.66. The lowest BCUT2D eigenvalue weighted by atomic mass is 9.62. The Morgan fingerprint density at radius 1 is 1.10 bits per heavy atom. The second kappa shape index (κ2) is 9.13. The summed E-state index contributed by atoms with van der Waals surface area (Å²) < 4.78 is 0. The van der Waals surface area contributed by atoms with Gasteiger partial charge in [-0.15, -0.1) is 6.22 Å². The standard InChI is InChI=1S/C8H20B2/c1-2-3-4-5-6-7-10-8-9/h10H,2-9H2,1H3. The van der Waals surface area contributed by atoms with Gasteiger partial charge in [0.05, 0.1) is 7.85 Å². The van der Waals surface area contributed by atoms with Crippen molar-refractivity contribution in [2.45, 2.75) is 51.6 Å². The van der Waals surface area contributed by atoms with Crippen molar-refractivity contribution < 1.29 is 0 Å². The van der Waals surface area contributed by atoms with Crippen LogP contribution < -0.4 is 0 Å². The second-order valence-corrected chi connectivity index (χ2v) is 3.12. The van der Waals surface area contributed by atoms with Crippen molar-refractivity contribution in [3.63, 3.8) is 0 Å². The lowest BCUT2D eigenvalue weighted by Gasteiger charge is -1.96. The molecule has 0 aromatic heterocycles. The summed E-state index contributed by atoms with van der Waals surface area (Å²) in [5.41, 5.74) is 0. The summed E-state index contributed by atoms with van der Waals surface area (Å²) in [4.78, 5) is 0. The molecular formula is C8H20B2. The normalized spacial score (nSPS) is 9.70. The smallest absolute Gasteiger partial charge is 0.105 e. The predicted octanol–water partition coefficient (Wildman–Crippen LogP) is 1.82. The SMILES string of the molecule is BCBCCCCCCC. The number of hydrogen-bond acceptors (Lipinski definition) is 0. The van der Waals surface area contributed by atoms with Gasteiger partial charge < -0.3 is 0 Å². The molecule has 10 heavy (non-hydrogen) atoms. The molecule has 0 heterocycles. The molecule has 0 rings (SSSR count).